The number of aromatic hydroxyl groups is 2. The molecule has 1 amide bonds. The first-order valence-corrected chi connectivity index (χ1v) is 14.1. The second-order valence-electron chi connectivity index (χ2n) is 10.0. The van der Waals surface area contributed by atoms with Crippen molar-refractivity contribution in [1.29, 1.82) is 5.26 Å². The van der Waals surface area contributed by atoms with E-state index in [-0.39, 0.29) is 28.9 Å². The number of rotatable bonds is 6. The number of carbonyl (C=O) groups excluding carboxylic acids is 2. The quantitative estimate of drug-likeness (QED) is 0.175. The van der Waals surface area contributed by atoms with Gasteiger partial charge in [0, 0.05) is 40.9 Å². The SMILES string of the molecule is N#Cc1nc2ccc(OCCCNC(=O)c3ccc4c(c3)C3(OC4=O)c4ccc(O)cc4Oc4cc(O)ccc43)cc2s1. The minimum atomic E-state index is -1.45. The van der Waals surface area contributed by atoms with Crippen molar-refractivity contribution in [2.45, 2.75) is 12.0 Å². The third-order valence-electron chi connectivity index (χ3n) is 7.37. The molecule has 11 heteroatoms. The zero-order valence-corrected chi connectivity index (χ0v) is 23.1. The highest BCUT2D eigenvalue weighted by Crippen LogP contribution is 2.57. The van der Waals surface area contributed by atoms with Crippen LogP contribution in [0.2, 0.25) is 0 Å². The average Bonchev–Trinajstić information content (AvgIpc) is 3.54. The monoisotopic (exact) mass is 591 g/mol. The van der Waals surface area contributed by atoms with E-state index in [2.05, 4.69) is 10.3 Å². The first kappa shape index (κ1) is 26.3. The van der Waals surface area contributed by atoms with Crippen molar-refractivity contribution < 1.29 is 34.0 Å². The minimum Gasteiger partial charge on any atom is -0.508 e. The van der Waals surface area contributed by atoms with Crippen LogP contribution in [0.1, 0.15) is 48.8 Å². The molecule has 0 radical (unpaired) electrons. The number of nitrogens with one attached hydrogen (secondary N) is 1. The van der Waals surface area contributed by atoms with E-state index in [0.717, 1.165) is 10.2 Å². The molecule has 10 nitrogen and oxygen atoms in total. The number of benzene rings is 4. The van der Waals surface area contributed by atoms with Crippen molar-refractivity contribution in [1.82, 2.24) is 10.3 Å². The molecule has 2 aliphatic heterocycles. The summed E-state index contributed by atoms with van der Waals surface area (Å²) < 4.78 is 18.7. The molecule has 0 aliphatic carbocycles. The molecule has 43 heavy (non-hydrogen) atoms. The number of phenols is 2. The van der Waals surface area contributed by atoms with Crippen LogP contribution in [0, 0.1) is 11.3 Å². The van der Waals surface area contributed by atoms with Crippen LogP contribution < -0.4 is 14.8 Å². The molecule has 212 valence electrons. The summed E-state index contributed by atoms with van der Waals surface area (Å²) >= 11 is 1.30. The van der Waals surface area contributed by atoms with Crippen molar-refractivity contribution in [3.05, 3.63) is 106 Å². The van der Waals surface area contributed by atoms with Crippen LogP contribution in [0.3, 0.4) is 0 Å². The smallest absolute Gasteiger partial charge is 0.340 e. The zero-order chi connectivity index (χ0) is 29.7. The second kappa shape index (κ2) is 10.0. The largest absolute Gasteiger partial charge is 0.508 e. The van der Waals surface area contributed by atoms with E-state index >= 15 is 0 Å². The molecular formula is C32H21N3O7S. The number of thiazole rings is 1. The van der Waals surface area contributed by atoms with E-state index in [9.17, 15) is 19.8 Å². The molecule has 4 aromatic carbocycles. The van der Waals surface area contributed by atoms with Crippen LogP contribution in [0.25, 0.3) is 10.2 Å². The number of hydrogen-bond acceptors (Lipinski definition) is 10. The molecule has 7 rings (SSSR count). The lowest BCUT2D eigenvalue weighted by atomic mass is 9.77. The number of aromatic nitrogens is 1. The fourth-order valence-corrected chi connectivity index (χ4v) is 6.24. The van der Waals surface area contributed by atoms with Crippen LogP contribution in [0.15, 0.2) is 72.8 Å². The summed E-state index contributed by atoms with van der Waals surface area (Å²) in [5, 5.41) is 32.6. The maximum absolute atomic E-state index is 13.2. The highest BCUT2D eigenvalue weighted by molar-refractivity contribution is 7.19. The fourth-order valence-electron chi connectivity index (χ4n) is 5.45. The van der Waals surface area contributed by atoms with Gasteiger partial charge in [-0.3, -0.25) is 4.79 Å². The lowest BCUT2D eigenvalue weighted by Gasteiger charge is -2.36. The number of amides is 1. The Balaban J connectivity index is 1.11. The summed E-state index contributed by atoms with van der Waals surface area (Å²) in [5.74, 6) is 0.171. The van der Waals surface area contributed by atoms with Gasteiger partial charge in [-0.25, -0.2) is 9.78 Å². The Morgan fingerprint density at radius 1 is 0.977 bits per heavy atom. The third kappa shape index (κ3) is 4.36. The molecule has 0 bridgehead atoms. The molecule has 0 saturated heterocycles. The van der Waals surface area contributed by atoms with Crippen molar-refractivity contribution in [3.63, 3.8) is 0 Å². The standard InChI is InChI=1S/C32H21N3O7S/c33-16-29-35-25-9-5-20(15-28(25)43-29)40-11-1-10-34-30(38)17-2-6-21-24(12-17)32(42-31(21)39)22-7-3-18(36)13-26(22)41-27-14-19(37)4-8-23(27)32/h2-9,12-15,36-37H,1,10-11H2,(H,34,38). The Labute approximate surface area is 248 Å². The van der Waals surface area contributed by atoms with E-state index in [0.29, 0.717) is 58.1 Å². The second-order valence-corrected chi connectivity index (χ2v) is 11.0. The highest BCUT2D eigenvalue weighted by atomic mass is 32.1. The van der Waals surface area contributed by atoms with Gasteiger partial charge < -0.3 is 29.7 Å². The molecule has 2 aliphatic rings. The first-order valence-electron chi connectivity index (χ1n) is 13.3. The average molecular weight is 592 g/mol. The number of ether oxygens (including phenoxy) is 3. The molecule has 0 atom stereocenters. The summed E-state index contributed by atoms with van der Waals surface area (Å²) in [6, 6.07) is 21.2. The number of esters is 1. The molecule has 0 fully saturated rings. The molecule has 1 spiro atoms. The van der Waals surface area contributed by atoms with Gasteiger partial charge in [0.15, 0.2) is 10.6 Å². The number of phenolic OH excluding ortho intramolecular Hbond substituents is 2. The zero-order valence-electron chi connectivity index (χ0n) is 22.3. The third-order valence-corrected chi connectivity index (χ3v) is 8.29. The lowest BCUT2D eigenvalue weighted by molar-refractivity contribution is 0.0224. The predicted octanol–water partition coefficient (Wildman–Crippen LogP) is 5.35. The number of hydrogen-bond donors (Lipinski definition) is 3. The summed E-state index contributed by atoms with van der Waals surface area (Å²) in [5.41, 5.74) is 1.32. The number of nitrogens with zero attached hydrogens (tertiary/aromatic N) is 2. The summed E-state index contributed by atoms with van der Waals surface area (Å²) in [6.45, 7) is 0.703. The number of fused-ring (bicyclic) bond motifs is 7. The van der Waals surface area contributed by atoms with Gasteiger partial charge in [-0.05, 0) is 67.1 Å². The Kier molecular flexibility index (Phi) is 6.14. The number of nitriles is 1. The Hall–Kier alpha value is -5.60. The summed E-state index contributed by atoms with van der Waals surface area (Å²) in [6.07, 6.45) is 0.539. The Bertz CT molecular complexity index is 1960. The topological polar surface area (TPSA) is 151 Å². The molecule has 3 N–H and O–H groups in total. The van der Waals surface area contributed by atoms with E-state index in [1.54, 1.807) is 42.5 Å². The van der Waals surface area contributed by atoms with Crippen LogP contribution in [-0.4, -0.2) is 40.2 Å². The molecule has 3 heterocycles. The van der Waals surface area contributed by atoms with Gasteiger partial charge >= 0.3 is 5.97 Å². The van der Waals surface area contributed by atoms with Crippen molar-refractivity contribution >= 4 is 33.4 Å². The van der Waals surface area contributed by atoms with Crippen molar-refractivity contribution in [2.24, 2.45) is 0 Å². The van der Waals surface area contributed by atoms with Crippen LogP contribution in [0.5, 0.6) is 28.7 Å². The van der Waals surface area contributed by atoms with Gasteiger partial charge in [0.05, 0.1) is 22.4 Å². The van der Waals surface area contributed by atoms with Gasteiger partial charge in [-0.2, -0.15) is 5.26 Å². The maximum Gasteiger partial charge on any atom is 0.340 e. The molecule has 0 unspecified atom stereocenters. The van der Waals surface area contributed by atoms with Gasteiger partial charge in [0.2, 0.25) is 0 Å². The Morgan fingerprint density at radius 2 is 1.72 bits per heavy atom. The van der Waals surface area contributed by atoms with Gasteiger partial charge in [0.1, 0.15) is 34.8 Å². The first-order chi connectivity index (χ1) is 20.9. The van der Waals surface area contributed by atoms with E-state index in [1.165, 1.54) is 35.6 Å². The van der Waals surface area contributed by atoms with E-state index < -0.39 is 11.6 Å². The maximum atomic E-state index is 13.2. The van der Waals surface area contributed by atoms with Crippen LogP contribution in [-0.2, 0) is 10.3 Å². The Morgan fingerprint density at radius 3 is 2.44 bits per heavy atom. The predicted molar refractivity (Wildman–Crippen MR) is 155 cm³/mol. The van der Waals surface area contributed by atoms with E-state index in [1.807, 2.05) is 12.1 Å². The highest BCUT2D eigenvalue weighted by Gasteiger charge is 2.53. The summed E-state index contributed by atoms with van der Waals surface area (Å²) in [4.78, 5) is 30.5. The van der Waals surface area contributed by atoms with E-state index in [4.69, 9.17) is 19.5 Å². The lowest BCUT2D eigenvalue weighted by Crippen LogP contribution is -2.33. The van der Waals surface area contributed by atoms with Crippen molar-refractivity contribution in [2.75, 3.05) is 13.2 Å². The minimum absolute atomic E-state index is 0.0450. The fraction of sp³-hybridized carbons (Fsp3) is 0.125. The van der Waals surface area contributed by atoms with Gasteiger partial charge in [0.25, 0.3) is 5.91 Å². The molecular weight excluding hydrogens is 570 g/mol. The molecule has 1 aromatic heterocycles. The van der Waals surface area contributed by atoms with Crippen molar-refractivity contribution in [3.8, 4) is 34.8 Å². The van der Waals surface area contributed by atoms with Gasteiger partial charge in [-0.1, -0.05) is 0 Å². The molecule has 0 saturated carbocycles. The molecule has 5 aromatic rings. The van der Waals surface area contributed by atoms with Gasteiger partial charge in [-0.15, -0.1) is 11.3 Å². The van der Waals surface area contributed by atoms with Crippen LogP contribution in [0.4, 0.5) is 0 Å². The normalized spacial score (nSPS) is 13.8. The summed E-state index contributed by atoms with van der Waals surface area (Å²) in [7, 11) is 0. The van der Waals surface area contributed by atoms with Crippen LogP contribution >= 0.6 is 11.3 Å². The number of carbonyl (C=O) groups is 2.